The van der Waals surface area contributed by atoms with Gasteiger partial charge in [0.25, 0.3) is 0 Å². The molecule has 1 rings (SSSR count). The van der Waals surface area contributed by atoms with Gasteiger partial charge in [0, 0.05) is 10.9 Å². The van der Waals surface area contributed by atoms with E-state index in [0.717, 1.165) is 18.9 Å². The molecular formula is C13H22BrNS. The predicted octanol–water partition coefficient (Wildman–Crippen LogP) is 4.47. The Morgan fingerprint density at radius 2 is 1.94 bits per heavy atom. The lowest BCUT2D eigenvalue weighted by atomic mass is 9.91. The van der Waals surface area contributed by atoms with E-state index in [9.17, 15) is 0 Å². The van der Waals surface area contributed by atoms with Crippen LogP contribution in [0.15, 0.2) is 15.9 Å². The zero-order valence-electron chi connectivity index (χ0n) is 10.4. The molecule has 0 saturated heterocycles. The first-order valence-corrected chi connectivity index (χ1v) is 7.79. The summed E-state index contributed by atoms with van der Waals surface area (Å²) in [4.78, 5) is 1.48. The van der Waals surface area contributed by atoms with Crippen molar-refractivity contribution in [3.63, 3.8) is 0 Å². The normalized spacial score (nSPS) is 13.3. The maximum atomic E-state index is 3.63. The third-order valence-corrected chi connectivity index (χ3v) is 4.78. The van der Waals surface area contributed by atoms with Crippen LogP contribution in [0.2, 0.25) is 0 Å². The number of rotatable bonds is 7. The summed E-state index contributed by atoms with van der Waals surface area (Å²) in [5, 5.41) is 3.63. The van der Waals surface area contributed by atoms with Crippen molar-refractivity contribution in [2.75, 3.05) is 6.54 Å². The van der Waals surface area contributed by atoms with Crippen molar-refractivity contribution in [2.24, 2.45) is 5.92 Å². The van der Waals surface area contributed by atoms with E-state index in [0.29, 0.717) is 6.04 Å². The molecule has 1 heterocycles. The SMILES string of the molecule is CCNC(Cc1ccc(Br)s1)C(CC)CC. The molecule has 0 aliphatic carbocycles. The van der Waals surface area contributed by atoms with Crippen molar-refractivity contribution in [1.29, 1.82) is 0 Å². The molecule has 0 bridgehead atoms. The summed E-state index contributed by atoms with van der Waals surface area (Å²) < 4.78 is 1.24. The number of nitrogens with one attached hydrogen (secondary N) is 1. The highest BCUT2D eigenvalue weighted by atomic mass is 79.9. The summed E-state index contributed by atoms with van der Waals surface area (Å²) in [6.45, 7) is 7.85. The molecule has 0 spiro atoms. The van der Waals surface area contributed by atoms with Crippen LogP contribution >= 0.6 is 27.3 Å². The summed E-state index contributed by atoms with van der Waals surface area (Å²) in [6, 6.07) is 5.02. The van der Waals surface area contributed by atoms with E-state index in [1.807, 2.05) is 11.3 Å². The van der Waals surface area contributed by atoms with E-state index in [2.05, 4.69) is 54.2 Å². The van der Waals surface area contributed by atoms with Crippen LogP contribution in [-0.2, 0) is 6.42 Å². The molecule has 0 saturated carbocycles. The van der Waals surface area contributed by atoms with Crippen molar-refractivity contribution < 1.29 is 0 Å². The lowest BCUT2D eigenvalue weighted by Crippen LogP contribution is -2.37. The highest BCUT2D eigenvalue weighted by molar-refractivity contribution is 9.11. The molecule has 0 fully saturated rings. The van der Waals surface area contributed by atoms with Crippen LogP contribution in [0.5, 0.6) is 0 Å². The molecule has 0 aliphatic heterocycles. The van der Waals surface area contributed by atoms with Gasteiger partial charge in [-0.3, -0.25) is 0 Å². The zero-order valence-corrected chi connectivity index (χ0v) is 12.8. The lowest BCUT2D eigenvalue weighted by Gasteiger charge is -2.25. The molecule has 1 N–H and O–H groups in total. The van der Waals surface area contributed by atoms with Gasteiger partial charge < -0.3 is 5.32 Å². The van der Waals surface area contributed by atoms with Crippen LogP contribution < -0.4 is 5.32 Å². The Morgan fingerprint density at radius 3 is 2.38 bits per heavy atom. The Morgan fingerprint density at radius 1 is 1.25 bits per heavy atom. The molecule has 3 heteroatoms. The minimum Gasteiger partial charge on any atom is -0.314 e. The average Bonchev–Trinajstić information content (AvgIpc) is 2.66. The van der Waals surface area contributed by atoms with Gasteiger partial charge >= 0.3 is 0 Å². The van der Waals surface area contributed by atoms with Crippen LogP contribution in [0.3, 0.4) is 0 Å². The topological polar surface area (TPSA) is 12.0 Å². The van der Waals surface area contributed by atoms with Crippen molar-refractivity contribution in [1.82, 2.24) is 5.32 Å². The Labute approximate surface area is 112 Å². The molecular weight excluding hydrogens is 282 g/mol. The summed E-state index contributed by atoms with van der Waals surface area (Å²) in [5.74, 6) is 0.792. The molecule has 1 unspecified atom stereocenters. The largest absolute Gasteiger partial charge is 0.314 e. The van der Waals surface area contributed by atoms with Crippen molar-refractivity contribution >= 4 is 27.3 Å². The minimum absolute atomic E-state index is 0.630. The lowest BCUT2D eigenvalue weighted by molar-refractivity contribution is 0.338. The van der Waals surface area contributed by atoms with Crippen LogP contribution in [0.25, 0.3) is 0 Å². The van der Waals surface area contributed by atoms with Crippen LogP contribution in [-0.4, -0.2) is 12.6 Å². The zero-order chi connectivity index (χ0) is 12.0. The minimum atomic E-state index is 0.630. The van der Waals surface area contributed by atoms with Gasteiger partial charge in [-0.15, -0.1) is 11.3 Å². The average molecular weight is 304 g/mol. The maximum absolute atomic E-state index is 3.63. The van der Waals surface area contributed by atoms with E-state index < -0.39 is 0 Å². The number of hydrogen-bond acceptors (Lipinski definition) is 2. The molecule has 0 aromatic carbocycles. The fraction of sp³-hybridized carbons (Fsp3) is 0.692. The summed E-state index contributed by atoms with van der Waals surface area (Å²) in [5.41, 5.74) is 0. The standard InChI is InChI=1S/C13H22BrNS/c1-4-10(5-2)12(15-6-3)9-11-7-8-13(14)16-11/h7-8,10,12,15H,4-6,9H2,1-3H3. The first-order valence-electron chi connectivity index (χ1n) is 6.18. The van der Waals surface area contributed by atoms with E-state index >= 15 is 0 Å². The van der Waals surface area contributed by atoms with Crippen molar-refractivity contribution in [3.8, 4) is 0 Å². The molecule has 1 atom stereocenters. The summed E-state index contributed by atoms with van der Waals surface area (Å²) in [6.07, 6.45) is 3.69. The highest BCUT2D eigenvalue weighted by Gasteiger charge is 2.18. The summed E-state index contributed by atoms with van der Waals surface area (Å²) in [7, 11) is 0. The van der Waals surface area contributed by atoms with Crippen molar-refractivity contribution in [2.45, 2.75) is 46.1 Å². The van der Waals surface area contributed by atoms with E-state index in [1.54, 1.807) is 0 Å². The van der Waals surface area contributed by atoms with Crippen LogP contribution in [0.1, 0.15) is 38.5 Å². The van der Waals surface area contributed by atoms with E-state index in [1.165, 1.54) is 21.5 Å². The highest BCUT2D eigenvalue weighted by Crippen LogP contribution is 2.25. The first kappa shape index (κ1) is 14.2. The Balaban J connectivity index is 2.63. The summed E-state index contributed by atoms with van der Waals surface area (Å²) >= 11 is 5.39. The van der Waals surface area contributed by atoms with Gasteiger partial charge in [-0.05, 0) is 46.9 Å². The molecule has 16 heavy (non-hydrogen) atoms. The second kappa shape index (κ2) is 7.46. The van der Waals surface area contributed by atoms with Gasteiger partial charge in [0.2, 0.25) is 0 Å². The molecule has 0 aliphatic rings. The number of likely N-dealkylation sites (N-methyl/N-ethyl adjacent to an activating group) is 1. The van der Waals surface area contributed by atoms with Gasteiger partial charge in [-0.2, -0.15) is 0 Å². The van der Waals surface area contributed by atoms with Crippen molar-refractivity contribution in [3.05, 3.63) is 20.8 Å². The molecule has 0 amide bonds. The van der Waals surface area contributed by atoms with Gasteiger partial charge in [0.15, 0.2) is 0 Å². The molecule has 92 valence electrons. The monoisotopic (exact) mass is 303 g/mol. The van der Waals surface area contributed by atoms with Gasteiger partial charge in [0.05, 0.1) is 3.79 Å². The maximum Gasteiger partial charge on any atom is 0.0701 e. The van der Waals surface area contributed by atoms with Gasteiger partial charge in [-0.1, -0.05) is 33.6 Å². The smallest absolute Gasteiger partial charge is 0.0701 e. The quantitative estimate of drug-likeness (QED) is 0.784. The number of hydrogen-bond donors (Lipinski definition) is 1. The fourth-order valence-corrected chi connectivity index (χ4v) is 3.75. The Kier molecular flexibility index (Phi) is 6.62. The Hall–Kier alpha value is 0.140. The van der Waals surface area contributed by atoms with Gasteiger partial charge in [0.1, 0.15) is 0 Å². The fourth-order valence-electron chi connectivity index (χ4n) is 2.20. The molecule has 1 nitrogen and oxygen atoms in total. The predicted molar refractivity (Wildman–Crippen MR) is 77.3 cm³/mol. The molecule has 1 aromatic heterocycles. The number of halogens is 1. The van der Waals surface area contributed by atoms with Gasteiger partial charge in [-0.25, -0.2) is 0 Å². The van der Waals surface area contributed by atoms with Crippen LogP contribution in [0, 0.1) is 5.92 Å². The third kappa shape index (κ3) is 4.19. The number of thiophene rings is 1. The van der Waals surface area contributed by atoms with E-state index in [4.69, 9.17) is 0 Å². The third-order valence-electron chi connectivity index (χ3n) is 3.13. The Bertz CT molecular complexity index is 294. The second-order valence-electron chi connectivity index (χ2n) is 4.15. The van der Waals surface area contributed by atoms with E-state index in [-0.39, 0.29) is 0 Å². The molecule has 1 aromatic rings. The molecule has 0 radical (unpaired) electrons. The second-order valence-corrected chi connectivity index (χ2v) is 6.70. The van der Waals surface area contributed by atoms with Crippen LogP contribution in [0.4, 0.5) is 0 Å². The first-order chi connectivity index (χ1) is 7.71.